The summed E-state index contributed by atoms with van der Waals surface area (Å²) < 4.78 is 25.6. The Morgan fingerprint density at radius 1 is 0.793 bits per heavy atom. The Morgan fingerprint density at radius 3 is 1.41 bits per heavy atom. The second-order valence-electron chi connectivity index (χ2n) is 5.49. The van der Waals surface area contributed by atoms with E-state index in [0.29, 0.717) is 0 Å². The fraction of sp³-hybridized carbons (Fsp3) is 0. The summed E-state index contributed by atoms with van der Waals surface area (Å²) in [5, 5.41) is 57.0. The first kappa shape index (κ1) is 22.3. The summed E-state index contributed by atoms with van der Waals surface area (Å²) >= 11 is 5.96. The van der Waals surface area contributed by atoms with E-state index in [0.717, 1.165) is 24.3 Å². The third-order valence-electron chi connectivity index (χ3n) is 3.53. The topological polar surface area (TPSA) is 163 Å². The molecule has 0 heterocycles. The molecule has 0 fully saturated rings. The van der Waals surface area contributed by atoms with Gasteiger partial charge in [0.05, 0.1) is 8.95 Å². The van der Waals surface area contributed by atoms with Crippen molar-refractivity contribution in [1.29, 1.82) is 10.5 Å². The zero-order chi connectivity index (χ0) is 21.9. The highest BCUT2D eigenvalue weighted by molar-refractivity contribution is 9.10. The highest BCUT2D eigenvalue weighted by atomic mass is 79.9. The number of hydrogen-bond donors (Lipinski definition) is 4. The Balaban J connectivity index is 2.61. The molecular weight excluding hydrogens is 532 g/mol. The number of sulfone groups is 1. The molecule has 0 bridgehead atoms. The summed E-state index contributed by atoms with van der Waals surface area (Å²) in [6.07, 6.45) is 1.85. The number of nitriles is 2. The minimum Gasteiger partial charge on any atom is -0.504 e. The molecule has 0 aliphatic heterocycles. The molecule has 0 spiro atoms. The SMILES string of the molecule is N#C/C(=C\c1cc(O)c(O)c(Br)c1)S(=O)(=O)/C(C#N)=C/c1cc(O)c(O)c(Br)c1. The lowest BCUT2D eigenvalue weighted by Crippen LogP contribution is -2.05. The molecule has 0 radical (unpaired) electrons. The molecule has 4 N–H and O–H groups in total. The Bertz CT molecular complexity index is 1120. The van der Waals surface area contributed by atoms with Crippen molar-refractivity contribution in [2.75, 3.05) is 0 Å². The first-order chi connectivity index (χ1) is 13.5. The Morgan fingerprint density at radius 2 is 1.14 bits per heavy atom. The predicted molar refractivity (Wildman–Crippen MR) is 111 cm³/mol. The fourth-order valence-corrected chi connectivity index (χ4v) is 4.13. The molecule has 0 atom stereocenters. The van der Waals surface area contributed by atoms with Crippen LogP contribution in [0.3, 0.4) is 0 Å². The van der Waals surface area contributed by atoms with Crippen molar-refractivity contribution >= 4 is 53.8 Å². The van der Waals surface area contributed by atoms with Crippen LogP contribution in [-0.2, 0) is 9.84 Å². The van der Waals surface area contributed by atoms with Gasteiger partial charge in [0.1, 0.15) is 12.1 Å². The van der Waals surface area contributed by atoms with Crippen LogP contribution in [0.5, 0.6) is 23.0 Å². The van der Waals surface area contributed by atoms with Crippen LogP contribution in [0.2, 0.25) is 0 Å². The lowest BCUT2D eigenvalue weighted by atomic mass is 10.2. The number of phenolic OH excluding ortho intramolecular Hbond substituents is 4. The zero-order valence-corrected chi connectivity index (χ0v) is 18.1. The summed E-state index contributed by atoms with van der Waals surface area (Å²) in [7, 11) is -4.55. The van der Waals surface area contributed by atoms with Gasteiger partial charge in [-0.15, -0.1) is 0 Å². The second-order valence-corrected chi connectivity index (χ2v) is 9.08. The van der Waals surface area contributed by atoms with Gasteiger partial charge in [0, 0.05) is 0 Å². The van der Waals surface area contributed by atoms with Gasteiger partial charge >= 0.3 is 0 Å². The van der Waals surface area contributed by atoms with E-state index in [9.17, 15) is 39.4 Å². The minimum atomic E-state index is -4.55. The van der Waals surface area contributed by atoms with Crippen molar-refractivity contribution in [3.63, 3.8) is 0 Å². The van der Waals surface area contributed by atoms with E-state index in [1.807, 2.05) is 0 Å². The van der Waals surface area contributed by atoms with Crippen molar-refractivity contribution in [3.8, 4) is 35.1 Å². The maximum Gasteiger partial charge on any atom is 0.226 e. The third-order valence-corrected chi connectivity index (χ3v) is 6.31. The number of phenols is 4. The van der Waals surface area contributed by atoms with E-state index < -0.39 is 42.6 Å². The first-order valence-electron chi connectivity index (χ1n) is 7.43. The normalized spacial score (nSPS) is 12.3. The van der Waals surface area contributed by atoms with Crippen LogP contribution in [0.25, 0.3) is 12.2 Å². The van der Waals surface area contributed by atoms with Gasteiger partial charge in [-0.25, -0.2) is 8.42 Å². The molecule has 0 aliphatic rings. The Hall–Kier alpha value is -2.99. The molecule has 29 heavy (non-hydrogen) atoms. The van der Waals surface area contributed by atoms with Gasteiger partial charge in [-0.3, -0.25) is 0 Å². The summed E-state index contributed by atoms with van der Waals surface area (Å²) in [5.74, 6) is -2.00. The molecule has 0 amide bonds. The van der Waals surface area contributed by atoms with Crippen molar-refractivity contribution < 1.29 is 28.8 Å². The standard InChI is InChI=1S/C18H10Br2N2O6S/c19-13-3-9(5-15(23)17(13)25)1-11(7-21)29(27,28)12(8-22)2-10-4-14(20)18(26)16(24)6-10/h1-6,23-26H/b11-1+,12-2+. The molecule has 2 aromatic carbocycles. The molecule has 0 unspecified atom stereocenters. The van der Waals surface area contributed by atoms with Gasteiger partial charge in [-0.1, -0.05) is 0 Å². The van der Waals surface area contributed by atoms with Crippen LogP contribution in [0.15, 0.2) is 43.0 Å². The van der Waals surface area contributed by atoms with Gasteiger partial charge < -0.3 is 20.4 Å². The number of rotatable bonds is 4. The molecule has 148 valence electrons. The second kappa shape index (κ2) is 8.57. The van der Waals surface area contributed by atoms with Crippen LogP contribution < -0.4 is 0 Å². The molecule has 8 nitrogen and oxygen atoms in total. The van der Waals surface area contributed by atoms with Crippen LogP contribution >= 0.6 is 31.9 Å². The highest BCUT2D eigenvalue weighted by Crippen LogP contribution is 2.37. The number of nitrogens with zero attached hydrogens (tertiary/aromatic N) is 2. The average Bonchev–Trinajstić information content (AvgIpc) is 2.65. The summed E-state index contributed by atoms with van der Waals surface area (Å²) in [6.45, 7) is 0. The van der Waals surface area contributed by atoms with Gasteiger partial charge in [0.2, 0.25) is 9.84 Å². The lowest BCUT2D eigenvalue weighted by molar-refractivity contribution is 0.401. The van der Waals surface area contributed by atoms with E-state index in [-0.39, 0.29) is 20.1 Å². The molecule has 0 aliphatic carbocycles. The summed E-state index contributed by atoms with van der Waals surface area (Å²) in [6, 6.07) is 7.62. The Kier molecular flexibility index (Phi) is 6.59. The lowest BCUT2D eigenvalue weighted by Gasteiger charge is -2.06. The fourth-order valence-electron chi connectivity index (χ4n) is 2.14. The van der Waals surface area contributed by atoms with Crippen molar-refractivity contribution in [1.82, 2.24) is 0 Å². The summed E-state index contributed by atoms with van der Waals surface area (Å²) in [5.41, 5.74) is 0.157. The monoisotopic (exact) mass is 540 g/mol. The van der Waals surface area contributed by atoms with Crippen molar-refractivity contribution in [2.24, 2.45) is 0 Å². The van der Waals surface area contributed by atoms with E-state index >= 15 is 0 Å². The van der Waals surface area contributed by atoms with E-state index in [4.69, 9.17) is 0 Å². The number of aromatic hydroxyl groups is 4. The van der Waals surface area contributed by atoms with Crippen LogP contribution in [-0.4, -0.2) is 28.8 Å². The zero-order valence-electron chi connectivity index (χ0n) is 14.1. The highest BCUT2D eigenvalue weighted by Gasteiger charge is 2.24. The first-order valence-corrected chi connectivity index (χ1v) is 10.5. The minimum absolute atomic E-state index is 0.0684. The van der Waals surface area contributed by atoms with E-state index in [1.54, 1.807) is 0 Å². The third kappa shape index (κ3) is 4.71. The van der Waals surface area contributed by atoms with Gasteiger partial charge in [-0.05, 0) is 79.4 Å². The van der Waals surface area contributed by atoms with Gasteiger partial charge in [0.25, 0.3) is 0 Å². The van der Waals surface area contributed by atoms with Gasteiger partial charge in [0.15, 0.2) is 32.8 Å². The smallest absolute Gasteiger partial charge is 0.226 e. The maximum absolute atomic E-state index is 12.7. The largest absolute Gasteiger partial charge is 0.504 e. The molecule has 2 aromatic rings. The molecule has 11 heteroatoms. The summed E-state index contributed by atoms with van der Waals surface area (Å²) in [4.78, 5) is -1.58. The van der Waals surface area contributed by atoms with Crippen LogP contribution in [0.4, 0.5) is 0 Å². The molecule has 0 aromatic heterocycles. The van der Waals surface area contributed by atoms with E-state index in [1.165, 1.54) is 24.3 Å². The predicted octanol–water partition coefficient (Wildman–Crippen LogP) is 3.88. The maximum atomic E-state index is 12.7. The Labute approximate surface area is 182 Å². The molecular formula is C18H10Br2N2O6S. The number of allylic oxidation sites excluding steroid dienone is 2. The van der Waals surface area contributed by atoms with Crippen LogP contribution in [0, 0.1) is 22.7 Å². The van der Waals surface area contributed by atoms with E-state index in [2.05, 4.69) is 31.9 Å². The number of benzene rings is 2. The van der Waals surface area contributed by atoms with Crippen molar-refractivity contribution in [3.05, 3.63) is 54.1 Å². The van der Waals surface area contributed by atoms with Crippen LogP contribution in [0.1, 0.15) is 11.1 Å². The number of halogens is 2. The number of hydrogen-bond acceptors (Lipinski definition) is 8. The molecule has 2 rings (SSSR count). The molecule has 0 saturated carbocycles. The van der Waals surface area contributed by atoms with Crippen molar-refractivity contribution in [2.45, 2.75) is 0 Å². The van der Waals surface area contributed by atoms with Gasteiger partial charge in [-0.2, -0.15) is 10.5 Å². The quantitative estimate of drug-likeness (QED) is 0.334. The molecule has 0 saturated heterocycles. The average molecular weight is 542 g/mol.